The summed E-state index contributed by atoms with van der Waals surface area (Å²) in [4.78, 5) is 16.7. The van der Waals surface area contributed by atoms with Crippen molar-refractivity contribution in [3.8, 4) is 0 Å². The van der Waals surface area contributed by atoms with Crippen molar-refractivity contribution in [2.45, 2.75) is 32.6 Å². The minimum atomic E-state index is 0. The lowest BCUT2D eigenvalue weighted by Gasteiger charge is -2.35. The molecule has 0 spiro atoms. The van der Waals surface area contributed by atoms with Crippen molar-refractivity contribution in [1.82, 2.24) is 15.1 Å². The summed E-state index contributed by atoms with van der Waals surface area (Å²) in [6.45, 7) is 8.12. The molecule has 2 fully saturated rings. The molecule has 0 aliphatic carbocycles. The first-order valence-corrected chi connectivity index (χ1v) is 7.83. The molecule has 2 saturated heterocycles. The molecule has 118 valence electrons. The molecule has 20 heavy (non-hydrogen) atoms. The summed E-state index contributed by atoms with van der Waals surface area (Å²) in [5, 5.41) is 3.26. The largest absolute Gasteiger partial charge is 0.341 e. The van der Waals surface area contributed by atoms with E-state index in [1.807, 2.05) is 7.05 Å². The zero-order chi connectivity index (χ0) is 13.7. The van der Waals surface area contributed by atoms with Gasteiger partial charge in [0.25, 0.3) is 0 Å². The van der Waals surface area contributed by atoms with E-state index in [9.17, 15) is 4.79 Å². The Bertz CT molecular complexity index is 293. The highest BCUT2D eigenvalue weighted by atomic mass is 35.5. The van der Waals surface area contributed by atoms with Crippen molar-refractivity contribution >= 4 is 18.3 Å². The number of hydrogen-bond donors (Lipinski definition) is 1. The topological polar surface area (TPSA) is 35.6 Å². The van der Waals surface area contributed by atoms with Gasteiger partial charge in [-0.25, -0.2) is 0 Å². The van der Waals surface area contributed by atoms with Crippen molar-refractivity contribution < 1.29 is 4.79 Å². The molecule has 0 aromatic carbocycles. The molecule has 4 nitrogen and oxygen atoms in total. The molecule has 1 unspecified atom stereocenters. The third kappa shape index (κ3) is 5.23. The van der Waals surface area contributed by atoms with Gasteiger partial charge in [0.2, 0.25) is 5.91 Å². The Balaban J connectivity index is 0.00000200. The van der Waals surface area contributed by atoms with E-state index >= 15 is 0 Å². The summed E-state index contributed by atoms with van der Waals surface area (Å²) in [6.07, 6.45) is 4.91. The van der Waals surface area contributed by atoms with Crippen LogP contribution in [-0.4, -0.2) is 62.0 Å². The number of nitrogens with zero attached hydrogens (tertiary/aromatic N) is 2. The summed E-state index contributed by atoms with van der Waals surface area (Å²) in [5.74, 6) is 1.82. The molecule has 2 rings (SSSR count). The van der Waals surface area contributed by atoms with Crippen LogP contribution in [-0.2, 0) is 4.79 Å². The molecular weight excluding hydrogens is 274 g/mol. The Labute approximate surface area is 129 Å². The molecule has 2 heterocycles. The van der Waals surface area contributed by atoms with Crippen molar-refractivity contribution in [3.63, 3.8) is 0 Å². The van der Waals surface area contributed by atoms with Crippen molar-refractivity contribution in [2.24, 2.45) is 11.8 Å². The van der Waals surface area contributed by atoms with Gasteiger partial charge in [0, 0.05) is 13.1 Å². The van der Waals surface area contributed by atoms with Crippen LogP contribution in [0.25, 0.3) is 0 Å². The fourth-order valence-corrected chi connectivity index (χ4v) is 3.34. The summed E-state index contributed by atoms with van der Waals surface area (Å²) in [7, 11) is 2.02. The fraction of sp³-hybridized carbons (Fsp3) is 0.933. The highest BCUT2D eigenvalue weighted by Crippen LogP contribution is 2.18. The normalized spacial score (nSPS) is 25.3. The number of carbonyl (C=O) groups is 1. The van der Waals surface area contributed by atoms with Crippen LogP contribution in [0.1, 0.15) is 32.6 Å². The lowest BCUT2D eigenvalue weighted by atomic mass is 9.96. The van der Waals surface area contributed by atoms with E-state index in [0.29, 0.717) is 18.4 Å². The molecule has 0 aromatic rings. The first kappa shape index (κ1) is 17.7. The van der Waals surface area contributed by atoms with Crippen LogP contribution < -0.4 is 5.32 Å². The molecule has 2 aliphatic rings. The average Bonchev–Trinajstić information content (AvgIpc) is 2.41. The zero-order valence-corrected chi connectivity index (χ0v) is 13.8. The quantitative estimate of drug-likeness (QED) is 0.857. The molecule has 0 radical (unpaired) electrons. The van der Waals surface area contributed by atoms with E-state index < -0.39 is 0 Å². The molecule has 0 bridgehead atoms. The maximum atomic E-state index is 12.3. The number of rotatable bonds is 4. The first-order chi connectivity index (χ1) is 9.19. The van der Waals surface area contributed by atoms with Gasteiger partial charge in [0.15, 0.2) is 0 Å². The van der Waals surface area contributed by atoms with Gasteiger partial charge in [-0.2, -0.15) is 0 Å². The molecule has 2 aliphatic heterocycles. The van der Waals surface area contributed by atoms with Crippen LogP contribution in [0.5, 0.6) is 0 Å². The zero-order valence-electron chi connectivity index (χ0n) is 12.9. The molecular formula is C15H30ClN3O. The highest BCUT2D eigenvalue weighted by Gasteiger charge is 2.25. The van der Waals surface area contributed by atoms with Crippen molar-refractivity contribution in [3.05, 3.63) is 0 Å². The second-order valence-corrected chi connectivity index (χ2v) is 6.36. The summed E-state index contributed by atoms with van der Waals surface area (Å²) in [5.41, 5.74) is 0. The van der Waals surface area contributed by atoms with E-state index in [1.54, 1.807) is 0 Å². The highest BCUT2D eigenvalue weighted by molar-refractivity contribution is 5.85. The van der Waals surface area contributed by atoms with Gasteiger partial charge < -0.3 is 10.2 Å². The average molecular weight is 304 g/mol. The Morgan fingerprint density at radius 1 is 1.20 bits per heavy atom. The Hall–Kier alpha value is -0.320. The molecule has 0 aromatic heterocycles. The van der Waals surface area contributed by atoms with Gasteiger partial charge in [-0.1, -0.05) is 6.92 Å². The molecule has 1 atom stereocenters. The maximum Gasteiger partial charge on any atom is 0.236 e. The molecule has 0 saturated carbocycles. The van der Waals surface area contributed by atoms with Gasteiger partial charge in [-0.3, -0.25) is 9.69 Å². The van der Waals surface area contributed by atoms with Crippen LogP contribution in [0.3, 0.4) is 0 Å². The third-order valence-corrected chi connectivity index (χ3v) is 4.57. The minimum Gasteiger partial charge on any atom is -0.341 e. The standard InChI is InChI=1S/C15H29N3O.ClH/c1-13-4-3-7-18(11-13)15(19)12-17-8-5-14(6-9-17)10-16-2;/h13-14,16H,3-12H2,1-2H3;1H. The van der Waals surface area contributed by atoms with Crippen LogP contribution in [0, 0.1) is 11.8 Å². The molecule has 1 amide bonds. The first-order valence-electron chi connectivity index (χ1n) is 7.83. The van der Waals surface area contributed by atoms with Crippen LogP contribution >= 0.6 is 12.4 Å². The molecule has 1 N–H and O–H groups in total. The van der Waals surface area contributed by atoms with Gasteiger partial charge in [0.1, 0.15) is 0 Å². The van der Waals surface area contributed by atoms with Crippen LogP contribution in [0.2, 0.25) is 0 Å². The third-order valence-electron chi connectivity index (χ3n) is 4.57. The van der Waals surface area contributed by atoms with Gasteiger partial charge in [0.05, 0.1) is 6.54 Å². The minimum absolute atomic E-state index is 0. The van der Waals surface area contributed by atoms with E-state index in [0.717, 1.165) is 38.6 Å². The van der Waals surface area contributed by atoms with Crippen LogP contribution in [0.15, 0.2) is 0 Å². The van der Waals surface area contributed by atoms with Crippen molar-refractivity contribution in [2.75, 3.05) is 46.3 Å². The smallest absolute Gasteiger partial charge is 0.236 e. The number of nitrogens with one attached hydrogen (secondary N) is 1. The fourth-order valence-electron chi connectivity index (χ4n) is 3.34. The SMILES string of the molecule is CNCC1CCN(CC(=O)N2CCCC(C)C2)CC1.Cl. The number of piperidine rings is 2. The van der Waals surface area contributed by atoms with E-state index in [1.165, 1.54) is 25.7 Å². The van der Waals surface area contributed by atoms with Gasteiger partial charge in [-0.15, -0.1) is 12.4 Å². The number of halogens is 1. The summed E-state index contributed by atoms with van der Waals surface area (Å²) in [6, 6.07) is 0. The van der Waals surface area contributed by atoms with Crippen LogP contribution in [0.4, 0.5) is 0 Å². The van der Waals surface area contributed by atoms with Gasteiger partial charge in [-0.05, 0) is 64.2 Å². The lowest BCUT2D eigenvalue weighted by molar-refractivity contribution is -0.134. The Morgan fingerprint density at radius 3 is 2.50 bits per heavy atom. The van der Waals surface area contributed by atoms with E-state index in [4.69, 9.17) is 0 Å². The monoisotopic (exact) mass is 303 g/mol. The Morgan fingerprint density at radius 2 is 1.90 bits per heavy atom. The van der Waals surface area contributed by atoms with E-state index in [2.05, 4.69) is 22.0 Å². The maximum absolute atomic E-state index is 12.3. The second-order valence-electron chi connectivity index (χ2n) is 6.36. The number of likely N-dealkylation sites (tertiary alicyclic amines) is 2. The Kier molecular flexibility index (Phi) is 7.85. The lowest BCUT2D eigenvalue weighted by Crippen LogP contribution is -2.47. The van der Waals surface area contributed by atoms with Crippen molar-refractivity contribution in [1.29, 1.82) is 0 Å². The second kappa shape index (κ2) is 8.85. The summed E-state index contributed by atoms with van der Waals surface area (Å²) >= 11 is 0. The number of hydrogen-bond acceptors (Lipinski definition) is 3. The van der Waals surface area contributed by atoms with Gasteiger partial charge >= 0.3 is 0 Å². The number of carbonyl (C=O) groups excluding carboxylic acids is 1. The van der Waals surface area contributed by atoms with E-state index in [-0.39, 0.29) is 12.4 Å². The predicted octanol–water partition coefficient (Wildman–Crippen LogP) is 1.60. The number of amides is 1. The molecule has 5 heteroatoms. The predicted molar refractivity (Wildman–Crippen MR) is 85.3 cm³/mol. The summed E-state index contributed by atoms with van der Waals surface area (Å²) < 4.78 is 0.